The molecule has 1 aromatic rings. The van der Waals surface area contributed by atoms with Crippen molar-refractivity contribution in [2.75, 3.05) is 6.54 Å². The number of ether oxygens (including phenoxy) is 1. The summed E-state index contributed by atoms with van der Waals surface area (Å²) in [7, 11) is 0. The molecule has 0 bridgehead atoms. The lowest BCUT2D eigenvalue weighted by atomic mass is 10.1. The molecule has 1 aliphatic heterocycles. The van der Waals surface area contributed by atoms with E-state index in [4.69, 9.17) is 4.74 Å². The summed E-state index contributed by atoms with van der Waals surface area (Å²) in [5.74, 6) is -0.132. The first kappa shape index (κ1) is 12.6. The molecule has 1 aliphatic rings. The third-order valence-corrected chi connectivity index (χ3v) is 3.42. The van der Waals surface area contributed by atoms with Crippen LogP contribution in [0.25, 0.3) is 0 Å². The zero-order chi connectivity index (χ0) is 12.1. The molecular weight excluding hydrogens is 282 g/mol. The summed E-state index contributed by atoms with van der Waals surface area (Å²) in [6.45, 7) is 1.27. The van der Waals surface area contributed by atoms with Gasteiger partial charge < -0.3 is 10.1 Å². The molecule has 1 aromatic carbocycles. The summed E-state index contributed by atoms with van der Waals surface area (Å²) >= 11 is 3.37. The Morgan fingerprint density at radius 3 is 2.76 bits per heavy atom. The summed E-state index contributed by atoms with van der Waals surface area (Å²) in [5, 5.41) is 3.18. The van der Waals surface area contributed by atoms with Gasteiger partial charge in [-0.3, -0.25) is 4.79 Å². The van der Waals surface area contributed by atoms with Gasteiger partial charge in [-0.2, -0.15) is 0 Å². The monoisotopic (exact) mass is 297 g/mol. The van der Waals surface area contributed by atoms with E-state index < -0.39 is 0 Å². The van der Waals surface area contributed by atoms with Gasteiger partial charge >= 0.3 is 5.97 Å². The number of hydrogen-bond acceptors (Lipinski definition) is 3. The molecule has 92 valence electrons. The molecule has 1 heterocycles. The lowest BCUT2D eigenvalue weighted by molar-refractivity contribution is -0.148. The molecule has 0 aliphatic carbocycles. The zero-order valence-corrected chi connectivity index (χ0v) is 11.2. The summed E-state index contributed by atoms with van der Waals surface area (Å²) < 4.78 is 6.32. The van der Waals surface area contributed by atoms with Crippen molar-refractivity contribution in [1.82, 2.24) is 5.32 Å². The molecule has 3 nitrogen and oxygen atoms in total. The first-order chi connectivity index (χ1) is 8.25. The Morgan fingerprint density at radius 1 is 1.35 bits per heavy atom. The Labute approximate surface area is 110 Å². The number of hydrogen-bond donors (Lipinski definition) is 1. The highest BCUT2D eigenvalue weighted by Gasteiger charge is 2.21. The van der Waals surface area contributed by atoms with E-state index >= 15 is 0 Å². The number of carbonyl (C=O) groups is 1. The minimum Gasteiger partial charge on any atom is -0.460 e. The van der Waals surface area contributed by atoms with Gasteiger partial charge in [-0.05, 0) is 37.1 Å². The summed E-state index contributed by atoms with van der Waals surface area (Å²) in [6.07, 6.45) is 3.14. The minimum atomic E-state index is -0.132. The second-order valence-electron chi connectivity index (χ2n) is 4.24. The van der Waals surface area contributed by atoms with Crippen LogP contribution in [0.15, 0.2) is 28.7 Å². The SMILES string of the molecule is O=C(OCc1ccc(Br)cc1)[C@@H]1CCCCN1. The summed E-state index contributed by atoms with van der Waals surface area (Å²) in [6, 6.07) is 7.68. The van der Waals surface area contributed by atoms with Crippen LogP contribution < -0.4 is 5.32 Å². The maximum absolute atomic E-state index is 11.7. The third-order valence-electron chi connectivity index (χ3n) is 2.89. The molecule has 0 amide bonds. The molecule has 0 unspecified atom stereocenters. The maximum Gasteiger partial charge on any atom is 0.323 e. The average molecular weight is 298 g/mol. The van der Waals surface area contributed by atoms with Crippen molar-refractivity contribution in [3.63, 3.8) is 0 Å². The molecule has 0 saturated carbocycles. The molecule has 1 N–H and O–H groups in total. The standard InChI is InChI=1S/C13H16BrNO2/c14-11-6-4-10(5-7-11)9-17-13(16)12-3-1-2-8-15-12/h4-7,12,15H,1-3,8-9H2/t12-/m0/s1. The fourth-order valence-electron chi connectivity index (χ4n) is 1.89. The quantitative estimate of drug-likeness (QED) is 0.872. The Morgan fingerprint density at radius 2 is 2.12 bits per heavy atom. The van der Waals surface area contributed by atoms with Gasteiger partial charge in [0.05, 0.1) is 0 Å². The van der Waals surface area contributed by atoms with Crippen LogP contribution in [0.5, 0.6) is 0 Å². The molecule has 17 heavy (non-hydrogen) atoms. The van der Waals surface area contributed by atoms with Crippen LogP contribution in [0.2, 0.25) is 0 Å². The van der Waals surface area contributed by atoms with Gasteiger partial charge in [0, 0.05) is 4.47 Å². The Bertz CT molecular complexity index is 372. The predicted molar refractivity (Wildman–Crippen MR) is 69.6 cm³/mol. The van der Waals surface area contributed by atoms with Gasteiger partial charge in [0.25, 0.3) is 0 Å². The number of halogens is 1. The van der Waals surface area contributed by atoms with Gasteiger partial charge in [-0.15, -0.1) is 0 Å². The summed E-state index contributed by atoms with van der Waals surface area (Å²) in [5.41, 5.74) is 1.01. The minimum absolute atomic E-state index is 0.112. The van der Waals surface area contributed by atoms with E-state index in [1.54, 1.807) is 0 Å². The molecule has 0 radical (unpaired) electrons. The molecule has 1 atom stereocenters. The zero-order valence-electron chi connectivity index (χ0n) is 9.62. The Balaban J connectivity index is 1.81. The van der Waals surface area contributed by atoms with Crippen LogP contribution >= 0.6 is 15.9 Å². The van der Waals surface area contributed by atoms with E-state index in [-0.39, 0.29) is 12.0 Å². The van der Waals surface area contributed by atoms with Crippen LogP contribution in [0.3, 0.4) is 0 Å². The van der Waals surface area contributed by atoms with Gasteiger partial charge in [0.15, 0.2) is 0 Å². The number of benzene rings is 1. The predicted octanol–water partition coefficient (Wildman–Crippen LogP) is 2.63. The van der Waals surface area contributed by atoms with E-state index in [2.05, 4.69) is 21.2 Å². The maximum atomic E-state index is 11.7. The molecular formula is C13H16BrNO2. The third kappa shape index (κ3) is 3.82. The van der Waals surface area contributed by atoms with Gasteiger partial charge in [0.1, 0.15) is 12.6 Å². The van der Waals surface area contributed by atoms with Crippen LogP contribution in [-0.4, -0.2) is 18.6 Å². The first-order valence-electron chi connectivity index (χ1n) is 5.90. The fraction of sp³-hybridized carbons (Fsp3) is 0.462. The molecule has 4 heteroatoms. The van der Waals surface area contributed by atoms with E-state index in [1.807, 2.05) is 24.3 Å². The first-order valence-corrected chi connectivity index (χ1v) is 6.69. The number of nitrogens with one attached hydrogen (secondary N) is 1. The summed E-state index contributed by atoms with van der Waals surface area (Å²) in [4.78, 5) is 11.7. The highest BCUT2D eigenvalue weighted by atomic mass is 79.9. The van der Waals surface area contributed by atoms with E-state index in [0.717, 1.165) is 35.8 Å². The number of carbonyl (C=O) groups excluding carboxylic acids is 1. The van der Waals surface area contributed by atoms with Gasteiger partial charge in [-0.25, -0.2) is 0 Å². The number of rotatable bonds is 3. The van der Waals surface area contributed by atoms with Crippen LogP contribution in [0, 0.1) is 0 Å². The Kier molecular flexibility index (Phi) is 4.57. The fourth-order valence-corrected chi connectivity index (χ4v) is 2.15. The van der Waals surface area contributed by atoms with Crippen molar-refractivity contribution in [3.05, 3.63) is 34.3 Å². The molecule has 0 aromatic heterocycles. The molecule has 0 spiro atoms. The van der Waals surface area contributed by atoms with Crippen LogP contribution in [0.1, 0.15) is 24.8 Å². The molecule has 1 fully saturated rings. The normalized spacial score (nSPS) is 19.9. The van der Waals surface area contributed by atoms with Crippen LogP contribution in [-0.2, 0) is 16.1 Å². The number of piperidine rings is 1. The van der Waals surface area contributed by atoms with Crippen molar-refractivity contribution >= 4 is 21.9 Å². The molecule has 1 saturated heterocycles. The van der Waals surface area contributed by atoms with Crippen molar-refractivity contribution in [1.29, 1.82) is 0 Å². The van der Waals surface area contributed by atoms with Crippen molar-refractivity contribution in [2.45, 2.75) is 31.9 Å². The lowest BCUT2D eigenvalue weighted by Gasteiger charge is -2.21. The van der Waals surface area contributed by atoms with Gasteiger partial charge in [0.2, 0.25) is 0 Å². The topological polar surface area (TPSA) is 38.3 Å². The smallest absolute Gasteiger partial charge is 0.323 e. The van der Waals surface area contributed by atoms with E-state index in [0.29, 0.717) is 6.61 Å². The Hall–Kier alpha value is -0.870. The lowest BCUT2D eigenvalue weighted by Crippen LogP contribution is -2.41. The van der Waals surface area contributed by atoms with E-state index in [9.17, 15) is 4.79 Å². The van der Waals surface area contributed by atoms with Crippen molar-refractivity contribution in [3.8, 4) is 0 Å². The largest absolute Gasteiger partial charge is 0.460 e. The van der Waals surface area contributed by atoms with Crippen molar-refractivity contribution in [2.24, 2.45) is 0 Å². The van der Waals surface area contributed by atoms with E-state index in [1.165, 1.54) is 0 Å². The second kappa shape index (κ2) is 6.17. The number of esters is 1. The highest BCUT2D eigenvalue weighted by molar-refractivity contribution is 9.10. The molecule has 2 rings (SSSR count). The highest BCUT2D eigenvalue weighted by Crippen LogP contribution is 2.13. The van der Waals surface area contributed by atoms with Crippen molar-refractivity contribution < 1.29 is 9.53 Å². The van der Waals surface area contributed by atoms with Crippen LogP contribution in [0.4, 0.5) is 0 Å². The second-order valence-corrected chi connectivity index (χ2v) is 5.15. The van der Waals surface area contributed by atoms with Gasteiger partial charge in [-0.1, -0.05) is 34.5 Å². The average Bonchev–Trinajstić information content (AvgIpc) is 2.39.